The number of allylic oxidation sites excluding steroid dienone is 1. The molecule has 0 aliphatic carbocycles. The first-order chi connectivity index (χ1) is 12.7. The predicted octanol–water partition coefficient (Wildman–Crippen LogP) is 5.17. The van der Waals surface area contributed by atoms with Crippen LogP contribution in [0.15, 0.2) is 95.9 Å². The van der Waals surface area contributed by atoms with E-state index in [1.54, 1.807) is 30.3 Å². The fourth-order valence-corrected chi connectivity index (χ4v) is 3.94. The van der Waals surface area contributed by atoms with Crippen molar-refractivity contribution in [3.63, 3.8) is 0 Å². The van der Waals surface area contributed by atoms with Crippen LogP contribution < -0.4 is 0 Å². The van der Waals surface area contributed by atoms with E-state index in [1.807, 2.05) is 66.7 Å². The Morgan fingerprint density at radius 3 is 1.88 bits per heavy atom. The summed E-state index contributed by atoms with van der Waals surface area (Å²) in [6.45, 7) is 0. The molecule has 0 saturated heterocycles. The molecular formula is C22H17ClO2S. The second-order valence-electron chi connectivity index (χ2n) is 5.63. The molecule has 0 heterocycles. The first-order valence-corrected chi connectivity index (χ1v) is 9.78. The fraction of sp³-hybridized carbons (Fsp3) is 0.0455. The van der Waals surface area contributed by atoms with Gasteiger partial charge in [-0.2, -0.15) is 0 Å². The predicted molar refractivity (Wildman–Crippen MR) is 108 cm³/mol. The number of hydrogen-bond donors (Lipinski definition) is 0. The first kappa shape index (κ1) is 18.3. The summed E-state index contributed by atoms with van der Waals surface area (Å²) in [4.78, 5) is 13.6. The van der Waals surface area contributed by atoms with Gasteiger partial charge < -0.3 is 0 Å². The molecule has 2 atom stereocenters. The van der Waals surface area contributed by atoms with Gasteiger partial charge in [-0.25, -0.2) is 0 Å². The highest BCUT2D eigenvalue weighted by Gasteiger charge is 2.27. The van der Waals surface area contributed by atoms with Gasteiger partial charge in [0.15, 0.2) is 10.5 Å². The zero-order chi connectivity index (χ0) is 18.4. The van der Waals surface area contributed by atoms with Crippen LogP contribution in [-0.2, 0) is 15.6 Å². The van der Waals surface area contributed by atoms with Gasteiger partial charge in [-0.05, 0) is 29.3 Å². The summed E-state index contributed by atoms with van der Waals surface area (Å²) in [7, 11) is -1.64. The minimum atomic E-state index is -1.64. The highest BCUT2D eigenvalue weighted by Crippen LogP contribution is 2.25. The Morgan fingerprint density at radius 2 is 1.31 bits per heavy atom. The van der Waals surface area contributed by atoms with E-state index in [4.69, 9.17) is 11.6 Å². The van der Waals surface area contributed by atoms with Crippen molar-refractivity contribution in [3.8, 4) is 0 Å². The number of ketones is 1. The highest BCUT2D eigenvalue weighted by atomic mass is 35.5. The third-order valence-electron chi connectivity index (χ3n) is 3.83. The van der Waals surface area contributed by atoms with Crippen molar-refractivity contribution in [1.29, 1.82) is 0 Å². The third-order valence-corrected chi connectivity index (χ3v) is 5.84. The summed E-state index contributed by atoms with van der Waals surface area (Å²) in [5.74, 6) is -0.357. The smallest absolute Gasteiger partial charge is 0.194 e. The molecule has 2 unspecified atom stereocenters. The highest BCUT2D eigenvalue weighted by molar-refractivity contribution is 7.88. The standard InChI is InChI=1S/C22H17ClO2S/c23-22(26(25)19-14-8-3-9-15-19)21(24)20(18-12-6-2-7-13-18)16-17-10-4-1-5-11-17/h1-16,22H/b20-16+. The molecule has 0 saturated carbocycles. The summed E-state index contributed by atoms with van der Waals surface area (Å²) in [5.41, 5.74) is 2.08. The monoisotopic (exact) mass is 380 g/mol. The van der Waals surface area contributed by atoms with Gasteiger partial charge in [0, 0.05) is 10.5 Å². The molecule has 3 aromatic rings. The second kappa shape index (κ2) is 8.75. The van der Waals surface area contributed by atoms with Gasteiger partial charge in [0.05, 0.1) is 10.8 Å². The zero-order valence-electron chi connectivity index (χ0n) is 13.9. The number of Topliss-reactive ketones (excluding diaryl/α,β-unsaturated/α-hetero) is 1. The van der Waals surface area contributed by atoms with Crippen LogP contribution in [0.25, 0.3) is 11.6 Å². The second-order valence-corrected chi connectivity index (χ2v) is 7.86. The maximum absolute atomic E-state index is 13.1. The van der Waals surface area contributed by atoms with Crippen LogP contribution in [0.3, 0.4) is 0 Å². The normalized spacial score (nSPS) is 13.8. The van der Waals surface area contributed by atoms with Crippen molar-refractivity contribution in [2.45, 2.75) is 9.60 Å². The van der Waals surface area contributed by atoms with Gasteiger partial charge in [0.1, 0.15) is 0 Å². The van der Waals surface area contributed by atoms with Crippen molar-refractivity contribution in [2.24, 2.45) is 0 Å². The van der Waals surface area contributed by atoms with Gasteiger partial charge in [-0.3, -0.25) is 9.00 Å². The van der Waals surface area contributed by atoms with Crippen molar-refractivity contribution >= 4 is 39.8 Å². The van der Waals surface area contributed by atoms with Gasteiger partial charge in [0.25, 0.3) is 0 Å². The van der Waals surface area contributed by atoms with E-state index in [1.165, 1.54) is 0 Å². The molecule has 2 nitrogen and oxygen atoms in total. The van der Waals surface area contributed by atoms with Crippen molar-refractivity contribution in [2.75, 3.05) is 0 Å². The molecule has 4 heteroatoms. The molecule has 0 amide bonds. The fourth-order valence-electron chi connectivity index (χ4n) is 2.52. The lowest BCUT2D eigenvalue weighted by molar-refractivity contribution is -0.112. The summed E-state index contributed by atoms with van der Waals surface area (Å²) in [5, 5.41) is 0. The number of carbonyl (C=O) groups excluding carboxylic acids is 1. The van der Waals surface area contributed by atoms with E-state index in [9.17, 15) is 9.00 Å². The van der Waals surface area contributed by atoms with E-state index in [0.29, 0.717) is 10.5 Å². The molecule has 3 rings (SSSR count). The molecule has 26 heavy (non-hydrogen) atoms. The lowest BCUT2D eigenvalue weighted by Gasteiger charge is -2.12. The number of carbonyl (C=O) groups is 1. The van der Waals surface area contributed by atoms with E-state index in [2.05, 4.69) is 0 Å². The van der Waals surface area contributed by atoms with Crippen LogP contribution in [0.4, 0.5) is 0 Å². The molecule has 0 N–H and O–H groups in total. The molecule has 0 aromatic heterocycles. The van der Waals surface area contributed by atoms with E-state index in [-0.39, 0.29) is 5.78 Å². The van der Waals surface area contributed by atoms with Crippen molar-refractivity contribution in [1.82, 2.24) is 0 Å². The van der Waals surface area contributed by atoms with Gasteiger partial charge in [-0.15, -0.1) is 0 Å². The molecule has 0 aliphatic rings. The lowest BCUT2D eigenvalue weighted by atomic mass is 9.99. The summed E-state index contributed by atoms with van der Waals surface area (Å²) >= 11 is 6.34. The Bertz CT molecular complexity index is 922. The first-order valence-electron chi connectivity index (χ1n) is 8.13. The van der Waals surface area contributed by atoms with Crippen LogP contribution in [-0.4, -0.2) is 14.7 Å². The topological polar surface area (TPSA) is 34.1 Å². The maximum atomic E-state index is 13.1. The summed E-state index contributed by atoms with van der Waals surface area (Å²) < 4.78 is 11.5. The largest absolute Gasteiger partial charge is 0.291 e. The van der Waals surface area contributed by atoms with Crippen LogP contribution >= 0.6 is 11.6 Å². The van der Waals surface area contributed by atoms with E-state index < -0.39 is 15.5 Å². The molecule has 3 aromatic carbocycles. The molecule has 0 radical (unpaired) electrons. The molecule has 130 valence electrons. The van der Waals surface area contributed by atoms with Crippen LogP contribution in [0.2, 0.25) is 0 Å². The van der Waals surface area contributed by atoms with Crippen LogP contribution in [0, 0.1) is 0 Å². The minimum Gasteiger partial charge on any atom is -0.291 e. The zero-order valence-corrected chi connectivity index (χ0v) is 15.5. The number of halogens is 1. The third kappa shape index (κ3) is 4.37. The van der Waals surface area contributed by atoms with Crippen molar-refractivity contribution in [3.05, 3.63) is 102 Å². The van der Waals surface area contributed by atoms with E-state index in [0.717, 1.165) is 11.1 Å². The summed E-state index contributed by atoms with van der Waals surface area (Å²) in [6, 6.07) is 27.6. The Kier molecular flexibility index (Phi) is 6.16. The molecule has 0 fully saturated rings. The van der Waals surface area contributed by atoms with Crippen LogP contribution in [0.1, 0.15) is 11.1 Å². The summed E-state index contributed by atoms with van der Waals surface area (Å²) in [6.07, 6.45) is 1.79. The number of benzene rings is 3. The van der Waals surface area contributed by atoms with Crippen molar-refractivity contribution < 1.29 is 9.00 Å². The Hall–Kier alpha value is -2.49. The van der Waals surface area contributed by atoms with Gasteiger partial charge >= 0.3 is 0 Å². The Labute approximate surface area is 160 Å². The SMILES string of the molecule is O=C(/C(=C/c1ccccc1)c1ccccc1)C(Cl)S(=O)c1ccccc1. The lowest BCUT2D eigenvalue weighted by Crippen LogP contribution is -2.21. The molecule has 0 spiro atoms. The average molecular weight is 381 g/mol. The van der Waals surface area contributed by atoms with Gasteiger partial charge in [0.2, 0.25) is 0 Å². The average Bonchev–Trinajstić information content (AvgIpc) is 2.72. The number of hydrogen-bond acceptors (Lipinski definition) is 2. The number of rotatable bonds is 6. The molecule has 0 aliphatic heterocycles. The quantitative estimate of drug-likeness (QED) is 0.336. The Morgan fingerprint density at radius 1 is 0.808 bits per heavy atom. The van der Waals surface area contributed by atoms with Crippen LogP contribution in [0.5, 0.6) is 0 Å². The maximum Gasteiger partial charge on any atom is 0.194 e. The molecule has 0 bridgehead atoms. The minimum absolute atomic E-state index is 0.357. The van der Waals surface area contributed by atoms with E-state index >= 15 is 0 Å². The van der Waals surface area contributed by atoms with Gasteiger partial charge in [-0.1, -0.05) is 90.5 Å². The Balaban J connectivity index is 1.98. The number of alkyl halides is 1. The molecular weight excluding hydrogens is 364 g/mol.